The van der Waals surface area contributed by atoms with Gasteiger partial charge in [-0.15, -0.1) is 0 Å². The van der Waals surface area contributed by atoms with Crippen LogP contribution in [0.1, 0.15) is 70.4 Å². The van der Waals surface area contributed by atoms with Crippen molar-refractivity contribution in [2.75, 3.05) is 7.11 Å². The van der Waals surface area contributed by atoms with Gasteiger partial charge >= 0.3 is 23.6 Å². The number of rotatable bonds is 6. The Hall–Kier alpha value is -3.17. The van der Waals surface area contributed by atoms with Crippen LogP contribution in [-0.2, 0) is 19.0 Å². The molecule has 0 aliphatic carbocycles. The van der Waals surface area contributed by atoms with E-state index in [9.17, 15) is 24.5 Å². The minimum atomic E-state index is -2.39. The Balaban J connectivity index is 3.51. The summed E-state index contributed by atoms with van der Waals surface area (Å²) >= 11 is 0. The van der Waals surface area contributed by atoms with Gasteiger partial charge in [0.25, 0.3) is 0 Å². The van der Waals surface area contributed by atoms with Crippen molar-refractivity contribution < 1.29 is 33.5 Å². The van der Waals surface area contributed by atoms with E-state index >= 15 is 0 Å². The SMILES string of the molecule is COC(=O)c1ccc([C@H](NC(=O)OC(C)(C)C)[C@](C)(C(=O)OC(C)(C)C)[N+](=O)[O-])cc1. The molecule has 1 N–H and O–H groups in total. The molecule has 172 valence electrons. The molecule has 10 heteroatoms. The molecular weight excluding hydrogens is 408 g/mol. The lowest BCUT2D eigenvalue weighted by Crippen LogP contribution is -2.57. The van der Waals surface area contributed by atoms with Crippen molar-refractivity contribution >= 4 is 18.0 Å². The van der Waals surface area contributed by atoms with Gasteiger partial charge in [-0.2, -0.15) is 0 Å². The van der Waals surface area contributed by atoms with Crippen molar-refractivity contribution in [1.82, 2.24) is 5.32 Å². The van der Waals surface area contributed by atoms with Crippen LogP contribution in [0.4, 0.5) is 4.79 Å². The van der Waals surface area contributed by atoms with Crippen molar-refractivity contribution in [3.05, 3.63) is 45.5 Å². The van der Waals surface area contributed by atoms with Crippen LogP contribution >= 0.6 is 0 Å². The molecular formula is C21H30N2O8. The normalized spacial score (nSPS) is 14.6. The first kappa shape index (κ1) is 25.9. The largest absolute Gasteiger partial charge is 0.465 e. The fourth-order valence-corrected chi connectivity index (χ4v) is 2.58. The standard InChI is InChI=1S/C21H30N2O8/c1-19(2,3)30-17(25)21(7,23(27)28)15(22-18(26)31-20(4,5)6)13-9-11-14(12-10-13)16(24)29-8/h9-12,15H,1-8H3,(H,22,26)/t15-,21+/m0/s1. The summed E-state index contributed by atoms with van der Waals surface area (Å²) in [7, 11) is 1.22. The number of alkyl carbamates (subject to hydrolysis) is 1. The predicted molar refractivity (Wildman–Crippen MR) is 111 cm³/mol. The lowest BCUT2D eigenvalue weighted by molar-refractivity contribution is -0.557. The second kappa shape index (κ2) is 9.32. The first-order valence-corrected chi connectivity index (χ1v) is 9.57. The smallest absolute Gasteiger partial charge is 0.408 e. The number of nitrogens with zero attached hydrogens (tertiary/aromatic N) is 1. The van der Waals surface area contributed by atoms with Crippen LogP contribution in [-0.4, -0.2) is 46.8 Å². The fourth-order valence-electron chi connectivity index (χ4n) is 2.58. The molecule has 0 spiro atoms. The molecule has 1 aromatic rings. The predicted octanol–water partition coefficient (Wildman–Crippen LogP) is 3.42. The summed E-state index contributed by atoms with van der Waals surface area (Å²) in [5.41, 5.74) is -3.87. The van der Waals surface area contributed by atoms with Crippen molar-refractivity contribution in [3.8, 4) is 0 Å². The van der Waals surface area contributed by atoms with Crippen LogP contribution in [0.2, 0.25) is 0 Å². The monoisotopic (exact) mass is 438 g/mol. The maximum Gasteiger partial charge on any atom is 0.408 e. The molecule has 0 saturated carbocycles. The van der Waals surface area contributed by atoms with E-state index < -0.39 is 45.7 Å². The van der Waals surface area contributed by atoms with Crippen LogP contribution < -0.4 is 5.32 Å². The van der Waals surface area contributed by atoms with Crippen LogP contribution in [0.5, 0.6) is 0 Å². The van der Waals surface area contributed by atoms with E-state index in [4.69, 9.17) is 9.47 Å². The Labute approximate surface area is 181 Å². The lowest BCUT2D eigenvalue weighted by atomic mass is 9.86. The number of nitro groups is 1. The molecule has 0 saturated heterocycles. The number of ether oxygens (including phenoxy) is 3. The van der Waals surface area contributed by atoms with Gasteiger partial charge in [0.15, 0.2) is 0 Å². The zero-order valence-electron chi connectivity index (χ0n) is 19.1. The summed E-state index contributed by atoms with van der Waals surface area (Å²) in [6.07, 6.45) is -0.953. The van der Waals surface area contributed by atoms with E-state index in [1.807, 2.05) is 0 Å². The highest BCUT2D eigenvalue weighted by Crippen LogP contribution is 2.32. The van der Waals surface area contributed by atoms with E-state index in [0.717, 1.165) is 6.92 Å². The molecule has 31 heavy (non-hydrogen) atoms. The highest BCUT2D eigenvalue weighted by atomic mass is 16.6. The molecule has 0 aliphatic heterocycles. The van der Waals surface area contributed by atoms with Crippen LogP contribution in [0.15, 0.2) is 24.3 Å². The quantitative estimate of drug-likeness (QED) is 0.309. The highest BCUT2D eigenvalue weighted by Gasteiger charge is 2.57. The lowest BCUT2D eigenvalue weighted by Gasteiger charge is -2.32. The van der Waals surface area contributed by atoms with Crippen LogP contribution in [0.3, 0.4) is 0 Å². The second-order valence-corrected chi connectivity index (χ2v) is 9.10. The van der Waals surface area contributed by atoms with E-state index in [1.165, 1.54) is 31.4 Å². The third kappa shape index (κ3) is 6.94. The molecule has 1 amide bonds. The molecule has 0 aliphatic rings. The Bertz CT molecular complexity index is 836. The van der Waals surface area contributed by atoms with E-state index in [1.54, 1.807) is 41.5 Å². The molecule has 2 atom stereocenters. The highest BCUT2D eigenvalue weighted by molar-refractivity contribution is 5.89. The summed E-state index contributed by atoms with van der Waals surface area (Å²) in [6, 6.07) is 4.07. The number of amides is 1. The summed E-state index contributed by atoms with van der Waals surface area (Å²) in [5, 5.41) is 14.5. The molecule has 0 fully saturated rings. The van der Waals surface area contributed by atoms with Gasteiger partial charge in [0.1, 0.15) is 17.2 Å². The Morgan fingerprint density at radius 1 is 0.935 bits per heavy atom. The summed E-state index contributed by atoms with van der Waals surface area (Å²) < 4.78 is 15.2. The molecule has 0 radical (unpaired) electrons. The molecule has 1 rings (SSSR count). The third-order valence-corrected chi connectivity index (χ3v) is 4.08. The fraction of sp³-hybridized carbons (Fsp3) is 0.571. The molecule has 10 nitrogen and oxygen atoms in total. The van der Waals surface area contributed by atoms with Gasteiger partial charge in [-0.3, -0.25) is 10.1 Å². The van der Waals surface area contributed by atoms with Gasteiger partial charge < -0.3 is 19.5 Å². The van der Waals surface area contributed by atoms with E-state index in [2.05, 4.69) is 10.1 Å². The number of carbonyl (C=O) groups is 3. The van der Waals surface area contributed by atoms with Crippen LogP contribution in [0.25, 0.3) is 0 Å². The van der Waals surface area contributed by atoms with Crippen molar-refractivity contribution in [3.63, 3.8) is 0 Å². The summed E-state index contributed by atoms with van der Waals surface area (Å²) in [4.78, 5) is 48.3. The zero-order chi connectivity index (χ0) is 24.2. The minimum absolute atomic E-state index is 0.197. The zero-order valence-corrected chi connectivity index (χ0v) is 19.1. The minimum Gasteiger partial charge on any atom is -0.465 e. The van der Waals surface area contributed by atoms with Crippen molar-refractivity contribution in [1.29, 1.82) is 0 Å². The molecule has 0 aromatic heterocycles. The Morgan fingerprint density at radius 2 is 1.42 bits per heavy atom. The third-order valence-electron chi connectivity index (χ3n) is 4.08. The molecule has 1 aromatic carbocycles. The van der Waals surface area contributed by atoms with Crippen molar-refractivity contribution in [2.45, 2.75) is 71.2 Å². The molecule has 0 bridgehead atoms. The molecule has 0 unspecified atom stereocenters. The number of hydrogen-bond donors (Lipinski definition) is 1. The van der Waals surface area contributed by atoms with Gasteiger partial charge in [-0.1, -0.05) is 12.1 Å². The number of esters is 2. The number of benzene rings is 1. The topological polar surface area (TPSA) is 134 Å². The number of carbonyl (C=O) groups excluding carboxylic acids is 3. The number of nitrogens with one attached hydrogen (secondary N) is 1. The van der Waals surface area contributed by atoms with Gasteiger partial charge in [0.2, 0.25) is 0 Å². The van der Waals surface area contributed by atoms with E-state index in [-0.39, 0.29) is 11.1 Å². The van der Waals surface area contributed by atoms with Gasteiger partial charge in [0, 0.05) is 11.8 Å². The van der Waals surface area contributed by atoms with Gasteiger partial charge in [0.05, 0.1) is 12.7 Å². The second-order valence-electron chi connectivity index (χ2n) is 9.10. The van der Waals surface area contributed by atoms with Crippen molar-refractivity contribution in [2.24, 2.45) is 0 Å². The first-order chi connectivity index (χ1) is 14.0. The maximum atomic E-state index is 12.9. The number of methoxy groups -OCH3 is 1. The Kier molecular flexibility index (Phi) is 7.77. The maximum absolute atomic E-state index is 12.9. The molecule has 0 heterocycles. The number of hydrogen-bond acceptors (Lipinski definition) is 8. The summed E-state index contributed by atoms with van der Waals surface area (Å²) in [6.45, 7) is 10.7. The average molecular weight is 438 g/mol. The van der Waals surface area contributed by atoms with Gasteiger partial charge in [-0.05, 0) is 59.2 Å². The first-order valence-electron chi connectivity index (χ1n) is 9.57. The van der Waals surface area contributed by atoms with E-state index in [0.29, 0.717) is 0 Å². The van der Waals surface area contributed by atoms with Gasteiger partial charge in [-0.25, -0.2) is 14.4 Å². The Morgan fingerprint density at radius 3 is 1.81 bits per heavy atom. The average Bonchev–Trinajstić information content (AvgIpc) is 2.62. The summed E-state index contributed by atoms with van der Waals surface area (Å²) in [5.74, 6) is -1.74. The van der Waals surface area contributed by atoms with Crippen LogP contribution in [0, 0.1) is 10.1 Å².